The molecule has 3 aromatic rings. The third-order valence-electron chi connectivity index (χ3n) is 7.42. The summed E-state index contributed by atoms with van der Waals surface area (Å²) in [5.41, 5.74) is 5.87. The molecule has 2 atom stereocenters. The Morgan fingerprint density at radius 1 is 0.850 bits per heavy atom. The van der Waals surface area contributed by atoms with Gasteiger partial charge in [-0.25, -0.2) is 18.4 Å². The van der Waals surface area contributed by atoms with Crippen molar-refractivity contribution in [1.82, 2.24) is 4.90 Å². The minimum atomic E-state index is -1.82. The van der Waals surface area contributed by atoms with Crippen LogP contribution in [-0.4, -0.2) is 45.7 Å². The number of piperidine rings is 1. The van der Waals surface area contributed by atoms with Crippen molar-refractivity contribution in [2.75, 3.05) is 6.61 Å². The van der Waals surface area contributed by atoms with Crippen LogP contribution in [0.4, 0.5) is 8.78 Å². The van der Waals surface area contributed by atoms with Crippen LogP contribution >= 0.6 is 0 Å². The fourth-order valence-electron chi connectivity index (χ4n) is 5.39. The maximum Gasteiger partial charge on any atom is 0.414 e. The molecule has 0 radical (unpaired) electrons. The molecule has 5 rings (SSSR count). The molecule has 2 fully saturated rings. The molecule has 0 spiro atoms. The van der Waals surface area contributed by atoms with Crippen molar-refractivity contribution in [2.24, 2.45) is 0 Å². The van der Waals surface area contributed by atoms with E-state index in [0.29, 0.717) is 18.7 Å². The van der Waals surface area contributed by atoms with E-state index in [9.17, 15) is 8.78 Å². The van der Waals surface area contributed by atoms with Crippen molar-refractivity contribution >= 4 is 11.9 Å². The molecule has 2 saturated heterocycles. The lowest BCUT2D eigenvalue weighted by molar-refractivity contribution is -0.159. The van der Waals surface area contributed by atoms with Crippen molar-refractivity contribution < 1.29 is 33.3 Å². The van der Waals surface area contributed by atoms with E-state index in [2.05, 4.69) is 42.2 Å². The van der Waals surface area contributed by atoms with E-state index in [1.165, 1.54) is 53.8 Å². The third kappa shape index (κ3) is 7.83. The first-order chi connectivity index (χ1) is 19.2. The highest BCUT2D eigenvalue weighted by molar-refractivity contribution is 6.27. The largest absolute Gasteiger partial charge is 0.473 e. The first-order valence-corrected chi connectivity index (χ1v) is 13.3. The lowest BCUT2D eigenvalue weighted by Gasteiger charge is -2.36. The molecular formula is C32H33F2NO5. The number of halogens is 2. The van der Waals surface area contributed by atoms with E-state index in [-0.39, 0.29) is 17.7 Å². The Morgan fingerprint density at radius 3 is 1.77 bits per heavy atom. The lowest BCUT2D eigenvalue weighted by atomic mass is 9.95. The minimum Gasteiger partial charge on any atom is -0.473 e. The van der Waals surface area contributed by atoms with Crippen LogP contribution in [0.15, 0.2) is 84.4 Å². The molecule has 2 aliphatic rings. The molecule has 2 aliphatic heterocycles. The Morgan fingerprint density at radius 2 is 1.32 bits per heavy atom. The fourth-order valence-corrected chi connectivity index (χ4v) is 5.39. The van der Waals surface area contributed by atoms with Gasteiger partial charge in [-0.05, 0) is 73.6 Å². The topological polar surface area (TPSA) is 87.1 Å². The van der Waals surface area contributed by atoms with E-state index in [0.717, 1.165) is 30.5 Å². The van der Waals surface area contributed by atoms with E-state index < -0.39 is 11.9 Å². The average molecular weight is 550 g/mol. The summed E-state index contributed by atoms with van der Waals surface area (Å²) in [6.07, 6.45) is 6.54. The number of rotatable bonds is 7. The van der Waals surface area contributed by atoms with E-state index in [4.69, 9.17) is 24.5 Å². The molecule has 0 unspecified atom stereocenters. The number of fused-ring (bicyclic) bond motifs is 2. The maximum absolute atomic E-state index is 13.5. The predicted octanol–water partition coefficient (Wildman–Crippen LogP) is 6.29. The molecule has 0 amide bonds. The number of aryl methyl sites for hydroxylation is 1. The molecule has 2 bridgehead atoms. The normalized spacial score (nSPS) is 19.4. The van der Waals surface area contributed by atoms with E-state index in [1.807, 2.05) is 0 Å². The SMILES string of the molecule is Cc1ccc(CN2[C@@H]3CC[C@H]2CC(=CCOC(c2ccc(F)cc2)c2ccc(F)cc2)C3)cc1.O=C(O)C(=O)O. The predicted molar refractivity (Wildman–Crippen MR) is 147 cm³/mol. The second kappa shape index (κ2) is 13.5. The highest BCUT2D eigenvalue weighted by atomic mass is 19.1. The summed E-state index contributed by atoms with van der Waals surface area (Å²) in [4.78, 5) is 20.9. The maximum atomic E-state index is 13.5. The van der Waals surface area contributed by atoms with Gasteiger partial charge in [-0.15, -0.1) is 0 Å². The van der Waals surface area contributed by atoms with Gasteiger partial charge < -0.3 is 14.9 Å². The summed E-state index contributed by atoms with van der Waals surface area (Å²) in [7, 11) is 0. The molecule has 3 aromatic carbocycles. The Bertz CT molecular complexity index is 1250. The first-order valence-electron chi connectivity index (χ1n) is 13.3. The third-order valence-corrected chi connectivity index (χ3v) is 7.42. The zero-order valence-electron chi connectivity index (χ0n) is 22.3. The quantitative estimate of drug-likeness (QED) is 0.266. The van der Waals surface area contributed by atoms with Gasteiger partial charge in [0.05, 0.1) is 6.61 Å². The summed E-state index contributed by atoms with van der Waals surface area (Å²) in [5, 5.41) is 14.8. The molecule has 2 N–H and O–H groups in total. The van der Waals surface area contributed by atoms with Gasteiger partial charge in [0.25, 0.3) is 0 Å². The molecule has 0 aromatic heterocycles. The number of carboxylic acid groups (broad SMARTS) is 2. The van der Waals surface area contributed by atoms with Gasteiger partial charge in [0.1, 0.15) is 17.7 Å². The van der Waals surface area contributed by atoms with Crippen LogP contribution in [0, 0.1) is 18.6 Å². The number of benzene rings is 3. The molecular weight excluding hydrogens is 516 g/mol. The Labute approximate surface area is 232 Å². The van der Waals surface area contributed by atoms with Crippen molar-refractivity contribution in [3.63, 3.8) is 0 Å². The van der Waals surface area contributed by atoms with Crippen LogP contribution in [0.1, 0.15) is 54.0 Å². The zero-order valence-corrected chi connectivity index (χ0v) is 22.3. The van der Waals surface area contributed by atoms with E-state index in [1.54, 1.807) is 24.3 Å². The molecule has 0 aliphatic carbocycles. The fraction of sp³-hybridized carbons (Fsp3) is 0.312. The van der Waals surface area contributed by atoms with Crippen LogP contribution in [0.5, 0.6) is 0 Å². The smallest absolute Gasteiger partial charge is 0.414 e. The summed E-state index contributed by atoms with van der Waals surface area (Å²) in [5.74, 6) is -4.21. The van der Waals surface area contributed by atoms with Crippen LogP contribution in [0.25, 0.3) is 0 Å². The van der Waals surface area contributed by atoms with Crippen molar-refractivity contribution in [1.29, 1.82) is 0 Å². The van der Waals surface area contributed by atoms with Gasteiger partial charge >= 0.3 is 11.9 Å². The molecule has 6 nitrogen and oxygen atoms in total. The van der Waals surface area contributed by atoms with Crippen LogP contribution in [-0.2, 0) is 20.9 Å². The van der Waals surface area contributed by atoms with Crippen LogP contribution < -0.4 is 0 Å². The highest BCUT2D eigenvalue weighted by Gasteiger charge is 2.38. The second-order valence-corrected chi connectivity index (χ2v) is 10.2. The molecule has 2 heterocycles. The highest BCUT2D eigenvalue weighted by Crippen LogP contribution is 2.39. The molecule has 0 saturated carbocycles. The van der Waals surface area contributed by atoms with Crippen molar-refractivity contribution in [3.8, 4) is 0 Å². The summed E-state index contributed by atoms with van der Waals surface area (Å²) in [6.45, 7) is 3.63. The van der Waals surface area contributed by atoms with Gasteiger partial charge in [0, 0.05) is 18.6 Å². The monoisotopic (exact) mass is 549 g/mol. The van der Waals surface area contributed by atoms with Gasteiger partial charge in [-0.3, -0.25) is 4.90 Å². The number of nitrogens with zero attached hydrogens (tertiary/aromatic N) is 1. The Kier molecular flexibility index (Phi) is 9.79. The minimum absolute atomic E-state index is 0.281. The summed E-state index contributed by atoms with van der Waals surface area (Å²) in [6, 6.07) is 22.8. The van der Waals surface area contributed by atoms with Crippen molar-refractivity contribution in [2.45, 2.75) is 57.3 Å². The summed E-state index contributed by atoms with van der Waals surface area (Å²) < 4.78 is 33.2. The Hall–Kier alpha value is -3.88. The zero-order chi connectivity index (χ0) is 28.6. The van der Waals surface area contributed by atoms with Gasteiger partial charge in [0.2, 0.25) is 0 Å². The molecule has 210 valence electrons. The molecule has 8 heteroatoms. The lowest BCUT2D eigenvalue weighted by Crippen LogP contribution is -2.39. The number of carbonyl (C=O) groups is 2. The average Bonchev–Trinajstić information content (AvgIpc) is 3.16. The Balaban J connectivity index is 0.000000557. The number of ether oxygens (including phenoxy) is 1. The van der Waals surface area contributed by atoms with Gasteiger partial charge in [0.15, 0.2) is 0 Å². The first kappa shape index (κ1) is 29.1. The van der Waals surface area contributed by atoms with Crippen molar-refractivity contribution in [3.05, 3.63) is 118 Å². The standard InChI is InChI=1S/C30H31F2NO.C2H2O4/c1-21-2-4-22(5-3-21)20-33-28-14-15-29(33)19-23(18-28)16-17-34-30(24-6-10-26(31)11-7-24)25-8-12-27(32)13-9-25;3-1(4)2(5)6/h2-13,16,28-30H,14-15,17-20H2,1H3;(H,3,4)(H,5,6)/t28-,29+;. The van der Waals surface area contributed by atoms with E-state index >= 15 is 0 Å². The molecule has 40 heavy (non-hydrogen) atoms. The number of hydrogen-bond acceptors (Lipinski definition) is 4. The van der Waals surface area contributed by atoms with Crippen LogP contribution in [0.3, 0.4) is 0 Å². The number of aliphatic carboxylic acids is 2. The van der Waals surface area contributed by atoms with Gasteiger partial charge in [-0.2, -0.15) is 0 Å². The number of carboxylic acids is 2. The van der Waals surface area contributed by atoms with Crippen LogP contribution in [0.2, 0.25) is 0 Å². The number of hydrogen-bond donors (Lipinski definition) is 2. The van der Waals surface area contributed by atoms with Gasteiger partial charge in [-0.1, -0.05) is 65.7 Å². The summed E-state index contributed by atoms with van der Waals surface area (Å²) >= 11 is 0. The second-order valence-electron chi connectivity index (χ2n) is 10.2.